The fourth-order valence-corrected chi connectivity index (χ4v) is 4.89. The number of nitriles is 1. The van der Waals surface area contributed by atoms with E-state index in [1.807, 2.05) is 0 Å². The highest BCUT2D eigenvalue weighted by molar-refractivity contribution is 7.92. The molecule has 2 aliphatic rings. The molecule has 0 bridgehead atoms. The number of nitrogens with zero attached hydrogens (tertiary/aromatic N) is 6. The molecule has 0 atom stereocenters. The van der Waals surface area contributed by atoms with Gasteiger partial charge in [-0.15, -0.1) is 0 Å². The van der Waals surface area contributed by atoms with Crippen LogP contribution in [-0.2, 0) is 22.7 Å². The van der Waals surface area contributed by atoms with E-state index in [4.69, 9.17) is 0 Å². The van der Waals surface area contributed by atoms with Gasteiger partial charge in [0, 0.05) is 41.0 Å². The van der Waals surface area contributed by atoms with Crippen LogP contribution in [0.5, 0.6) is 0 Å². The monoisotopic (exact) mass is 506 g/mol. The first-order chi connectivity index (χ1) is 17.2. The van der Waals surface area contributed by atoms with Crippen LogP contribution in [0.25, 0.3) is 0 Å². The zero-order chi connectivity index (χ0) is 25.4. The second kappa shape index (κ2) is 9.44. The topological polar surface area (TPSA) is 119 Å². The van der Waals surface area contributed by atoms with Crippen molar-refractivity contribution in [2.75, 3.05) is 36.7 Å². The lowest BCUT2D eigenvalue weighted by Crippen LogP contribution is -2.27. The molecule has 0 unspecified atom stereocenters. The van der Waals surface area contributed by atoms with Crippen LogP contribution < -0.4 is 10.6 Å². The Hall–Kier alpha value is -3.62. The highest BCUT2D eigenvalue weighted by atomic mass is 32.2. The average molecular weight is 507 g/mol. The van der Waals surface area contributed by atoms with Crippen LogP contribution >= 0.6 is 0 Å². The van der Waals surface area contributed by atoms with Gasteiger partial charge < -0.3 is 15.5 Å². The van der Waals surface area contributed by atoms with E-state index in [2.05, 4.69) is 60.1 Å². The second-order valence-corrected chi connectivity index (χ2v) is 12.1. The number of benzene rings is 1. The van der Waals surface area contributed by atoms with Gasteiger partial charge in [-0.25, -0.2) is 18.6 Å². The predicted octanol–water partition coefficient (Wildman–Crippen LogP) is 4.59. The Bertz CT molecular complexity index is 1500. The van der Waals surface area contributed by atoms with E-state index in [1.54, 1.807) is 0 Å². The SMILES string of the molecule is CN1CCc2c(cc(Nc3ncc(C#N)c(Nc4ccc(F)c(N=S(C)(C)=O)n4)n3)cc2C2CC2)C1. The summed E-state index contributed by atoms with van der Waals surface area (Å²) in [5.74, 6) is 0.411. The number of aromatic nitrogens is 3. The molecule has 1 fully saturated rings. The zero-order valence-electron chi connectivity index (χ0n) is 20.4. The Morgan fingerprint density at radius 2 is 2.03 bits per heavy atom. The number of halogens is 1. The third-order valence-electron chi connectivity index (χ3n) is 6.12. The lowest BCUT2D eigenvalue weighted by Gasteiger charge is -2.28. The third kappa shape index (κ3) is 5.45. The van der Waals surface area contributed by atoms with E-state index in [1.165, 1.54) is 60.4 Å². The van der Waals surface area contributed by atoms with Crippen molar-refractivity contribution < 1.29 is 8.60 Å². The quantitative estimate of drug-likeness (QED) is 0.498. The molecule has 0 saturated heterocycles. The van der Waals surface area contributed by atoms with E-state index in [0.29, 0.717) is 11.9 Å². The van der Waals surface area contributed by atoms with Crippen molar-refractivity contribution in [3.05, 3.63) is 58.5 Å². The van der Waals surface area contributed by atoms with Crippen LogP contribution in [0.3, 0.4) is 0 Å². The summed E-state index contributed by atoms with van der Waals surface area (Å²) in [6.45, 7) is 1.96. The highest BCUT2D eigenvalue weighted by Gasteiger charge is 2.29. The number of hydrogen-bond donors (Lipinski definition) is 2. The molecule has 0 amide bonds. The lowest BCUT2D eigenvalue weighted by molar-refractivity contribution is 0.312. The molecule has 1 aromatic carbocycles. The number of fused-ring (bicyclic) bond motifs is 1. The molecule has 5 rings (SSSR count). The van der Waals surface area contributed by atoms with Crippen LogP contribution in [0.4, 0.5) is 33.5 Å². The van der Waals surface area contributed by atoms with Crippen molar-refractivity contribution in [3.8, 4) is 6.07 Å². The maximum absolute atomic E-state index is 14.1. The Morgan fingerprint density at radius 1 is 1.22 bits per heavy atom. The Morgan fingerprint density at radius 3 is 2.75 bits per heavy atom. The molecule has 36 heavy (non-hydrogen) atoms. The van der Waals surface area contributed by atoms with E-state index in [9.17, 15) is 13.9 Å². The molecule has 3 heterocycles. The molecule has 11 heteroatoms. The standard InChI is InChI=1S/C25H27FN8OS/c1-34-9-8-19-16(14-34)10-18(11-20(19)15-4-5-15)29-25-28-13-17(12-27)23(32-25)30-22-7-6-21(26)24(31-22)33-36(2,3)35/h6-7,10-11,13,15H,4-5,8-9,14H2,1-3H3,(H2,28,29,30,31,32). The summed E-state index contributed by atoms with van der Waals surface area (Å²) in [6.07, 6.45) is 7.72. The van der Waals surface area contributed by atoms with Crippen molar-refractivity contribution in [1.29, 1.82) is 5.26 Å². The minimum absolute atomic E-state index is 0.200. The molecule has 1 aliphatic heterocycles. The van der Waals surface area contributed by atoms with Gasteiger partial charge in [-0.2, -0.15) is 14.6 Å². The van der Waals surface area contributed by atoms with Gasteiger partial charge in [0.25, 0.3) is 0 Å². The van der Waals surface area contributed by atoms with Crippen LogP contribution in [-0.4, -0.2) is 50.2 Å². The molecule has 0 spiro atoms. The van der Waals surface area contributed by atoms with Gasteiger partial charge >= 0.3 is 0 Å². The first-order valence-corrected chi connectivity index (χ1v) is 14.0. The molecule has 0 radical (unpaired) electrons. The van der Waals surface area contributed by atoms with Crippen molar-refractivity contribution in [1.82, 2.24) is 19.9 Å². The molecule has 1 saturated carbocycles. The molecule has 186 valence electrons. The molecule has 2 aromatic heterocycles. The molecular weight excluding hydrogens is 479 g/mol. The van der Waals surface area contributed by atoms with Gasteiger partial charge in [0.15, 0.2) is 17.5 Å². The molecular formula is C25H27FN8OS. The van der Waals surface area contributed by atoms with Gasteiger partial charge in [0.05, 0.1) is 6.20 Å². The summed E-state index contributed by atoms with van der Waals surface area (Å²) in [5.41, 5.74) is 5.30. The van der Waals surface area contributed by atoms with Crippen molar-refractivity contribution in [3.63, 3.8) is 0 Å². The van der Waals surface area contributed by atoms with Gasteiger partial charge in [0.2, 0.25) is 5.95 Å². The van der Waals surface area contributed by atoms with Crippen LogP contribution in [0, 0.1) is 17.1 Å². The van der Waals surface area contributed by atoms with Crippen molar-refractivity contribution >= 4 is 38.8 Å². The van der Waals surface area contributed by atoms with E-state index >= 15 is 0 Å². The fourth-order valence-electron chi connectivity index (χ4n) is 4.35. The minimum atomic E-state index is -2.61. The smallest absolute Gasteiger partial charge is 0.229 e. The van der Waals surface area contributed by atoms with Gasteiger partial charge in [-0.05, 0) is 73.2 Å². The van der Waals surface area contributed by atoms with Crippen LogP contribution in [0.2, 0.25) is 0 Å². The number of hydrogen-bond acceptors (Lipinski definition) is 9. The van der Waals surface area contributed by atoms with Crippen molar-refractivity contribution in [2.45, 2.75) is 31.7 Å². The summed E-state index contributed by atoms with van der Waals surface area (Å²) in [5, 5.41) is 15.8. The highest BCUT2D eigenvalue weighted by Crippen LogP contribution is 2.44. The molecule has 9 nitrogen and oxygen atoms in total. The summed E-state index contributed by atoms with van der Waals surface area (Å²) < 4.78 is 30.0. The summed E-state index contributed by atoms with van der Waals surface area (Å²) in [4.78, 5) is 15.2. The molecule has 2 N–H and O–H groups in total. The summed E-state index contributed by atoms with van der Waals surface area (Å²) in [7, 11) is -0.477. The molecule has 3 aromatic rings. The van der Waals surface area contributed by atoms with Crippen LogP contribution in [0.1, 0.15) is 41.0 Å². The van der Waals surface area contributed by atoms with Gasteiger partial charge in [0.1, 0.15) is 17.5 Å². The van der Waals surface area contributed by atoms with Crippen molar-refractivity contribution in [2.24, 2.45) is 4.36 Å². The summed E-state index contributed by atoms with van der Waals surface area (Å²) >= 11 is 0. The first kappa shape index (κ1) is 24.1. The lowest BCUT2D eigenvalue weighted by atomic mass is 9.91. The number of likely N-dealkylation sites (N-methyl/N-ethyl adjacent to an activating group) is 1. The second-order valence-electron chi connectivity index (χ2n) is 9.56. The number of nitrogens with one attached hydrogen (secondary N) is 2. The third-order valence-corrected chi connectivity index (χ3v) is 6.74. The Kier molecular flexibility index (Phi) is 6.32. The normalized spacial score (nSPS) is 15.6. The summed E-state index contributed by atoms with van der Waals surface area (Å²) in [6, 6.07) is 8.98. The average Bonchev–Trinajstić information content (AvgIpc) is 3.65. The maximum Gasteiger partial charge on any atom is 0.229 e. The number of pyridine rings is 1. The van der Waals surface area contributed by atoms with E-state index in [0.717, 1.165) is 25.2 Å². The first-order valence-electron chi connectivity index (χ1n) is 11.7. The number of rotatable bonds is 6. The largest absolute Gasteiger partial charge is 0.324 e. The molecule has 1 aliphatic carbocycles. The fraction of sp³-hybridized carbons (Fsp3) is 0.360. The van der Waals surface area contributed by atoms with Gasteiger partial charge in [-0.1, -0.05) is 0 Å². The zero-order valence-corrected chi connectivity index (χ0v) is 21.2. The predicted molar refractivity (Wildman–Crippen MR) is 138 cm³/mol. The Balaban J connectivity index is 1.45. The van der Waals surface area contributed by atoms with Gasteiger partial charge in [-0.3, -0.25) is 0 Å². The minimum Gasteiger partial charge on any atom is -0.324 e. The van der Waals surface area contributed by atoms with Crippen LogP contribution in [0.15, 0.2) is 34.8 Å². The maximum atomic E-state index is 14.1. The van der Waals surface area contributed by atoms with E-state index in [-0.39, 0.29) is 23.0 Å². The number of anilines is 4. The Labute approximate surface area is 210 Å². The van der Waals surface area contributed by atoms with E-state index < -0.39 is 15.5 Å².